The second kappa shape index (κ2) is 10.3. The van der Waals surface area contributed by atoms with Crippen LogP contribution in [0, 0.1) is 11.8 Å². The smallest absolute Gasteiger partial charge is 0.384 e. The molecule has 1 N–H and O–H groups in total. The molecule has 0 radical (unpaired) electrons. The lowest BCUT2D eigenvalue weighted by Gasteiger charge is -2.04. The maximum Gasteiger partial charge on any atom is 0.384 e. The van der Waals surface area contributed by atoms with Crippen molar-refractivity contribution in [2.24, 2.45) is 0 Å². The molecule has 0 amide bonds. The molecular weight excluding hydrogens is 204 g/mol. The highest BCUT2D eigenvalue weighted by Gasteiger charge is 2.01. The quantitative estimate of drug-likeness (QED) is 0.237. The first kappa shape index (κ1) is 14.7. The summed E-state index contributed by atoms with van der Waals surface area (Å²) in [6.07, 6.45) is 5.42. The van der Waals surface area contributed by atoms with Crippen LogP contribution in [0.2, 0.25) is 0 Å². The molecular formula is C13H20O3. The number of aliphatic hydroxyl groups excluding tert-OH is 1. The van der Waals surface area contributed by atoms with Gasteiger partial charge in [0.15, 0.2) is 0 Å². The molecule has 0 bridgehead atoms. The lowest BCUT2D eigenvalue weighted by Crippen LogP contribution is -2.05. The van der Waals surface area contributed by atoms with E-state index in [1.807, 2.05) is 6.08 Å². The van der Waals surface area contributed by atoms with Gasteiger partial charge in [-0.15, -0.1) is 6.58 Å². The Morgan fingerprint density at radius 2 is 2.31 bits per heavy atom. The van der Waals surface area contributed by atoms with Gasteiger partial charge in [0.25, 0.3) is 0 Å². The van der Waals surface area contributed by atoms with Crippen molar-refractivity contribution >= 4 is 5.97 Å². The maximum absolute atomic E-state index is 10.8. The second-order valence-corrected chi connectivity index (χ2v) is 3.45. The van der Waals surface area contributed by atoms with Crippen LogP contribution in [-0.4, -0.2) is 23.8 Å². The van der Waals surface area contributed by atoms with Gasteiger partial charge in [-0.05, 0) is 26.2 Å². The fraction of sp³-hybridized carbons (Fsp3) is 0.615. The molecule has 0 unspecified atom stereocenters. The highest BCUT2D eigenvalue weighted by atomic mass is 16.5. The molecule has 90 valence electrons. The van der Waals surface area contributed by atoms with E-state index >= 15 is 0 Å². The van der Waals surface area contributed by atoms with Gasteiger partial charge in [0.2, 0.25) is 0 Å². The summed E-state index contributed by atoms with van der Waals surface area (Å²) >= 11 is 0. The number of rotatable bonds is 7. The third-order valence-corrected chi connectivity index (χ3v) is 2.00. The molecule has 0 rings (SSSR count). The van der Waals surface area contributed by atoms with E-state index in [1.54, 1.807) is 6.92 Å². The minimum atomic E-state index is -0.527. The first-order valence-electron chi connectivity index (χ1n) is 5.65. The van der Waals surface area contributed by atoms with Crippen molar-refractivity contribution in [2.45, 2.75) is 45.1 Å². The van der Waals surface area contributed by atoms with Crippen LogP contribution in [0.1, 0.15) is 39.0 Å². The molecule has 0 aromatic carbocycles. The molecule has 0 spiro atoms. The van der Waals surface area contributed by atoms with E-state index in [1.165, 1.54) is 0 Å². The number of carbonyl (C=O) groups excluding carboxylic acids is 1. The van der Waals surface area contributed by atoms with Gasteiger partial charge in [0.05, 0.1) is 12.7 Å². The first-order valence-corrected chi connectivity index (χ1v) is 5.65. The topological polar surface area (TPSA) is 46.5 Å². The van der Waals surface area contributed by atoms with E-state index < -0.39 is 12.1 Å². The summed E-state index contributed by atoms with van der Waals surface area (Å²) in [6, 6.07) is 0. The molecule has 16 heavy (non-hydrogen) atoms. The lowest BCUT2D eigenvalue weighted by atomic mass is 10.1. The highest BCUT2D eigenvalue weighted by molar-refractivity contribution is 5.88. The van der Waals surface area contributed by atoms with E-state index in [-0.39, 0.29) is 0 Å². The minimum absolute atomic E-state index is 0.326. The summed E-state index contributed by atoms with van der Waals surface area (Å²) in [5, 5.41) is 9.51. The van der Waals surface area contributed by atoms with E-state index in [0.29, 0.717) is 19.4 Å². The minimum Gasteiger partial charge on any atom is -0.456 e. The van der Waals surface area contributed by atoms with Crippen LogP contribution in [0.25, 0.3) is 0 Å². The monoisotopic (exact) mass is 224 g/mol. The van der Waals surface area contributed by atoms with Gasteiger partial charge in [-0.25, -0.2) is 4.79 Å². The van der Waals surface area contributed by atoms with Crippen LogP contribution in [0.15, 0.2) is 12.7 Å². The first-order chi connectivity index (χ1) is 7.70. The largest absolute Gasteiger partial charge is 0.456 e. The molecule has 0 saturated carbocycles. The fourth-order valence-electron chi connectivity index (χ4n) is 1.18. The summed E-state index contributed by atoms with van der Waals surface area (Å²) in [7, 11) is 0. The Morgan fingerprint density at radius 3 is 2.94 bits per heavy atom. The van der Waals surface area contributed by atoms with Crippen LogP contribution in [0.5, 0.6) is 0 Å². The van der Waals surface area contributed by atoms with Crippen molar-refractivity contribution < 1.29 is 14.6 Å². The van der Waals surface area contributed by atoms with E-state index in [0.717, 1.165) is 19.3 Å². The second-order valence-electron chi connectivity index (χ2n) is 3.45. The number of esters is 1. The van der Waals surface area contributed by atoms with Crippen molar-refractivity contribution in [1.29, 1.82) is 0 Å². The van der Waals surface area contributed by atoms with Crippen molar-refractivity contribution in [3.8, 4) is 11.8 Å². The predicted molar refractivity (Wildman–Crippen MR) is 63.7 cm³/mol. The molecule has 0 aliphatic carbocycles. The lowest BCUT2D eigenvalue weighted by molar-refractivity contribution is -0.136. The Morgan fingerprint density at radius 1 is 1.56 bits per heavy atom. The van der Waals surface area contributed by atoms with Gasteiger partial charge in [-0.2, -0.15) is 0 Å². The van der Waals surface area contributed by atoms with Crippen LogP contribution in [-0.2, 0) is 9.53 Å². The summed E-state index contributed by atoms with van der Waals surface area (Å²) in [6.45, 7) is 5.69. The third-order valence-electron chi connectivity index (χ3n) is 2.00. The number of ether oxygens (including phenoxy) is 1. The zero-order valence-electron chi connectivity index (χ0n) is 9.87. The average Bonchev–Trinajstić information content (AvgIpc) is 2.25. The average molecular weight is 224 g/mol. The van der Waals surface area contributed by atoms with Crippen LogP contribution in [0.4, 0.5) is 0 Å². The third kappa shape index (κ3) is 9.29. The summed E-state index contributed by atoms with van der Waals surface area (Å²) in [4.78, 5) is 10.8. The number of hydrogen-bond acceptors (Lipinski definition) is 3. The van der Waals surface area contributed by atoms with E-state index in [4.69, 9.17) is 0 Å². The number of hydrogen-bond donors (Lipinski definition) is 1. The fourth-order valence-corrected chi connectivity index (χ4v) is 1.18. The highest BCUT2D eigenvalue weighted by Crippen LogP contribution is 2.05. The van der Waals surface area contributed by atoms with Gasteiger partial charge >= 0.3 is 5.97 Å². The Labute approximate surface area is 97.5 Å². The van der Waals surface area contributed by atoms with Gasteiger partial charge < -0.3 is 9.84 Å². The van der Waals surface area contributed by atoms with Gasteiger partial charge in [-0.1, -0.05) is 18.4 Å². The molecule has 0 heterocycles. The Hall–Kier alpha value is -1.27. The molecule has 1 atom stereocenters. The van der Waals surface area contributed by atoms with Gasteiger partial charge in [-0.3, -0.25) is 0 Å². The van der Waals surface area contributed by atoms with Crippen molar-refractivity contribution in [3.63, 3.8) is 0 Å². The molecule has 0 aromatic rings. The maximum atomic E-state index is 10.8. The van der Waals surface area contributed by atoms with Crippen molar-refractivity contribution in [1.82, 2.24) is 0 Å². The number of unbranched alkanes of at least 4 members (excludes halogenated alkanes) is 2. The molecule has 3 heteroatoms. The summed E-state index contributed by atoms with van der Waals surface area (Å²) in [5.41, 5.74) is 0. The molecule has 3 nitrogen and oxygen atoms in total. The Balaban J connectivity index is 3.59. The zero-order valence-corrected chi connectivity index (χ0v) is 9.87. The SMILES string of the molecule is C=CCCCC[C@H](O)CC#CC(=O)OCC. The standard InChI is InChI=1S/C13H20O3/c1-3-5-6-7-9-12(14)10-8-11-13(15)16-4-2/h3,12,14H,1,4-7,9-10H2,2H3/t12-/m0/s1. The van der Waals surface area contributed by atoms with Crippen molar-refractivity contribution in [3.05, 3.63) is 12.7 Å². The van der Waals surface area contributed by atoms with Gasteiger partial charge in [0.1, 0.15) is 0 Å². The van der Waals surface area contributed by atoms with E-state index in [9.17, 15) is 9.90 Å². The molecule has 0 saturated heterocycles. The normalized spacial score (nSPS) is 11.1. The van der Waals surface area contributed by atoms with Crippen LogP contribution >= 0.6 is 0 Å². The van der Waals surface area contributed by atoms with Crippen LogP contribution in [0.3, 0.4) is 0 Å². The Kier molecular flexibility index (Phi) is 9.44. The summed E-state index contributed by atoms with van der Waals surface area (Å²) in [5.74, 6) is 4.42. The summed E-state index contributed by atoms with van der Waals surface area (Å²) < 4.78 is 4.63. The van der Waals surface area contributed by atoms with E-state index in [2.05, 4.69) is 23.2 Å². The molecule has 0 fully saturated rings. The van der Waals surface area contributed by atoms with Gasteiger partial charge in [0, 0.05) is 12.3 Å². The predicted octanol–water partition coefficient (Wildman–Crippen LogP) is 2.05. The van der Waals surface area contributed by atoms with Crippen molar-refractivity contribution in [2.75, 3.05) is 6.61 Å². The van der Waals surface area contributed by atoms with Crippen LogP contribution < -0.4 is 0 Å². The Bertz CT molecular complexity index is 260. The molecule has 0 aliphatic rings. The zero-order chi connectivity index (χ0) is 12.2. The molecule has 0 aliphatic heterocycles. The number of aliphatic hydroxyl groups is 1. The molecule has 0 aromatic heterocycles. The number of carbonyl (C=O) groups is 1. The number of allylic oxidation sites excluding steroid dienone is 1.